The Morgan fingerprint density at radius 2 is 2.13 bits per heavy atom. The first-order chi connectivity index (χ1) is 7.22. The maximum absolute atomic E-state index is 9.43. The molecule has 1 aromatic carbocycles. The molecule has 0 aliphatic carbocycles. The molecule has 1 aromatic rings. The lowest BCUT2D eigenvalue weighted by Crippen LogP contribution is -2.09. The highest BCUT2D eigenvalue weighted by Crippen LogP contribution is 2.30. The van der Waals surface area contributed by atoms with Crippen molar-refractivity contribution in [1.82, 2.24) is 0 Å². The summed E-state index contributed by atoms with van der Waals surface area (Å²) in [6.45, 7) is 0.557. The van der Waals surface area contributed by atoms with Gasteiger partial charge in [0.15, 0.2) is 11.5 Å². The van der Waals surface area contributed by atoms with Gasteiger partial charge in [0.05, 0.1) is 13.2 Å². The molecule has 0 fully saturated rings. The molecule has 4 heteroatoms. The normalized spacial score (nSPS) is 12.5. The average Bonchev–Trinajstić information content (AvgIpc) is 2.27. The topological polar surface area (TPSA) is 64.7 Å². The zero-order valence-corrected chi connectivity index (χ0v) is 9.06. The molecular weight excluding hydrogens is 194 g/mol. The highest BCUT2D eigenvalue weighted by Gasteiger charge is 2.12. The van der Waals surface area contributed by atoms with Gasteiger partial charge in [-0.15, -0.1) is 0 Å². The molecule has 0 saturated heterocycles. The SMILES string of the molecule is COc1cc(C(CCN)OC)ccc1O. The van der Waals surface area contributed by atoms with Gasteiger partial charge in [0.25, 0.3) is 0 Å². The quantitative estimate of drug-likeness (QED) is 0.773. The minimum Gasteiger partial charge on any atom is -0.504 e. The van der Waals surface area contributed by atoms with Crippen LogP contribution >= 0.6 is 0 Å². The van der Waals surface area contributed by atoms with Gasteiger partial charge in [-0.2, -0.15) is 0 Å². The van der Waals surface area contributed by atoms with Gasteiger partial charge in [0.1, 0.15) is 0 Å². The molecule has 0 saturated carbocycles. The van der Waals surface area contributed by atoms with Crippen molar-refractivity contribution < 1.29 is 14.6 Å². The number of nitrogens with two attached hydrogens (primary N) is 1. The number of benzene rings is 1. The number of aromatic hydroxyl groups is 1. The van der Waals surface area contributed by atoms with E-state index in [1.807, 2.05) is 6.07 Å². The van der Waals surface area contributed by atoms with E-state index in [-0.39, 0.29) is 11.9 Å². The van der Waals surface area contributed by atoms with E-state index in [2.05, 4.69) is 0 Å². The minimum absolute atomic E-state index is 0.0514. The van der Waals surface area contributed by atoms with E-state index in [9.17, 15) is 5.11 Å². The van der Waals surface area contributed by atoms with Gasteiger partial charge in [0, 0.05) is 7.11 Å². The van der Waals surface area contributed by atoms with E-state index in [0.717, 1.165) is 12.0 Å². The third-order valence-electron chi connectivity index (χ3n) is 2.29. The summed E-state index contributed by atoms with van der Waals surface area (Å²) in [7, 11) is 3.16. The van der Waals surface area contributed by atoms with Gasteiger partial charge in [-0.05, 0) is 30.7 Å². The summed E-state index contributed by atoms with van der Waals surface area (Å²) in [6.07, 6.45) is 0.689. The number of hydrogen-bond acceptors (Lipinski definition) is 4. The summed E-state index contributed by atoms with van der Waals surface area (Å²) in [5.74, 6) is 0.579. The lowest BCUT2D eigenvalue weighted by molar-refractivity contribution is 0.0975. The predicted molar refractivity (Wildman–Crippen MR) is 58.1 cm³/mol. The maximum Gasteiger partial charge on any atom is 0.160 e. The molecule has 0 spiro atoms. The smallest absolute Gasteiger partial charge is 0.160 e. The van der Waals surface area contributed by atoms with Gasteiger partial charge in [-0.25, -0.2) is 0 Å². The zero-order valence-electron chi connectivity index (χ0n) is 9.06. The van der Waals surface area contributed by atoms with E-state index >= 15 is 0 Å². The van der Waals surface area contributed by atoms with Gasteiger partial charge in [-0.1, -0.05) is 6.07 Å². The molecule has 3 N–H and O–H groups in total. The molecule has 0 aromatic heterocycles. The fourth-order valence-corrected chi connectivity index (χ4v) is 1.47. The molecule has 0 amide bonds. The first-order valence-electron chi connectivity index (χ1n) is 4.82. The van der Waals surface area contributed by atoms with Crippen LogP contribution < -0.4 is 10.5 Å². The van der Waals surface area contributed by atoms with Crippen molar-refractivity contribution in [3.05, 3.63) is 23.8 Å². The van der Waals surface area contributed by atoms with Crippen LogP contribution in [0.5, 0.6) is 11.5 Å². The number of phenols is 1. The molecule has 0 aliphatic rings. The van der Waals surface area contributed by atoms with E-state index in [0.29, 0.717) is 12.3 Å². The Labute approximate surface area is 89.6 Å². The second-order valence-electron chi connectivity index (χ2n) is 3.23. The highest BCUT2D eigenvalue weighted by molar-refractivity contribution is 5.42. The van der Waals surface area contributed by atoms with Crippen molar-refractivity contribution in [3.63, 3.8) is 0 Å². The Morgan fingerprint density at radius 3 is 2.67 bits per heavy atom. The Balaban J connectivity index is 2.92. The zero-order chi connectivity index (χ0) is 11.3. The molecule has 0 aliphatic heterocycles. The summed E-state index contributed by atoms with van der Waals surface area (Å²) in [5.41, 5.74) is 6.44. The van der Waals surface area contributed by atoms with Crippen LogP contribution in [0, 0.1) is 0 Å². The Kier molecular flexibility index (Phi) is 4.39. The third kappa shape index (κ3) is 2.84. The minimum atomic E-state index is -0.0514. The van der Waals surface area contributed by atoms with Crippen LogP contribution in [0.15, 0.2) is 18.2 Å². The van der Waals surface area contributed by atoms with E-state index < -0.39 is 0 Å². The van der Waals surface area contributed by atoms with E-state index in [1.54, 1.807) is 19.2 Å². The molecule has 0 heterocycles. The van der Waals surface area contributed by atoms with Gasteiger partial charge < -0.3 is 20.3 Å². The molecule has 1 rings (SSSR count). The van der Waals surface area contributed by atoms with Crippen molar-refractivity contribution in [2.24, 2.45) is 5.73 Å². The summed E-state index contributed by atoms with van der Waals surface area (Å²) in [6, 6.07) is 5.16. The van der Waals surface area contributed by atoms with Crippen molar-refractivity contribution in [2.45, 2.75) is 12.5 Å². The number of hydrogen-bond donors (Lipinski definition) is 2. The van der Waals surface area contributed by atoms with Crippen molar-refractivity contribution in [1.29, 1.82) is 0 Å². The molecule has 1 unspecified atom stereocenters. The first kappa shape index (κ1) is 11.8. The fraction of sp³-hybridized carbons (Fsp3) is 0.455. The summed E-state index contributed by atoms with van der Waals surface area (Å²) >= 11 is 0. The van der Waals surface area contributed by atoms with Crippen LogP contribution in [0.1, 0.15) is 18.1 Å². The molecule has 4 nitrogen and oxygen atoms in total. The lowest BCUT2D eigenvalue weighted by Gasteiger charge is -2.15. The largest absolute Gasteiger partial charge is 0.504 e. The molecular formula is C11H17NO3. The van der Waals surface area contributed by atoms with E-state index in [4.69, 9.17) is 15.2 Å². The van der Waals surface area contributed by atoms with Crippen LogP contribution in [0.2, 0.25) is 0 Å². The van der Waals surface area contributed by atoms with Gasteiger partial charge in [-0.3, -0.25) is 0 Å². The van der Waals surface area contributed by atoms with Crippen LogP contribution in [0.3, 0.4) is 0 Å². The molecule has 84 valence electrons. The van der Waals surface area contributed by atoms with Gasteiger partial charge in [0.2, 0.25) is 0 Å². The Bertz CT molecular complexity index is 315. The molecule has 0 bridgehead atoms. The van der Waals surface area contributed by atoms with Crippen LogP contribution in [0.4, 0.5) is 0 Å². The summed E-state index contributed by atoms with van der Waals surface area (Å²) < 4.78 is 10.3. The maximum atomic E-state index is 9.43. The number of phenolic OH excluding ortho intramolecular Hbond substituents is 1. The van der Waals surface area contributed by atoms with Crippen molar-refractivity contribution >= 4 is 0 Å². The Morgan fingerprint density at radius 1 is 1.40 bits per heavy atom. The monoisotopic (exact) mass is 211 g/mol. The number of ether oxygens (including phenoxy) is 2. The molecule has 0 radical (unpaired) electrons. The van der Waals surface area contributed by atoms with Crippen molar-refractivity contribution in [3.8, 4) is 11.5 Å². The third-order valence-corrected chi connectivity index (χ3v) is 2.29. The van der Waals surface area contributed by atoms with E-state index in [1.165, 1.54) is 7.11 Å². The average molecular weight is 211 g/mol. The summed E-state index contributed by atoms with van der Waals surface area (Å²) in [4.78, 5) is 0. The second kappa shape index (κ2) is 5.58. The van der Waals surface area contributed by atoms with Crippen LogP contribution in [-0.4, -0.2) is 25.9 Å². The van der Waals surface area contributed by atoms with Gasteiger partial charge >= 0.3 is 0 Å². The summed E-state index contributed by atoms with van der Waals surface area (Å²) in [5, 5.41) is 9.43. The van der Waals surface area contributed by atoms with Crippen LogP contribution in [-0.2, 0) is 4.74 Å². The highest BCUT2D eigenvalue weighted by atomic mass is 16.5. The molecule has 1 atom stereocenters. The molecule has 15 heavy (non-hydrogen) atoms. The standard InChI is InChI=1S/C11H17NO3/c1-14-10(5-6-12)8-3-4-9(13)11(7-8)15-2/h3-4,7,10,13H,5-6,12H2,1-2H3. The first-order valence-corrected chi connectivity index (χ1v) is 4.82. The fourth-order valence-electron chi connectivity index (χ4n) is 1.47. The van der Waals surface area contributed by atoms with Crippen LogP contribution in [0.25, 0.3) is 0 Å². The predicted octanol–water partition coefficient (Wildman–Crippen LogP) is 1.44. The number of methoxy groups -OCH3 is 2. The lowest BCUT2D eigenvalue weighted by atomic mass is 10.1. The number of rotatable bonds is 5. The Hall–Kier alpha value is -1.26. The van der Waals surface area contributed by atoms with Crippen molar-refractivity contribution in [2.75, 3.05) is 20.8 Å². The second-order valence-corrected chi connectivity index (χ2v) is 3.23.